The first-order valence-corrected chi connectivity index (χ1v) is 8.43. The number of esters is 1. The largest absolute Gasteiger partial charge is 0.465 e. The number of carbonyl (C=O) groups is 2. The molecule has 1 amide bonds. The lowest BCUT2D eigenvalue weighted by molar-refractivity contribution is 0.0602. The van der Waals surface area contributed by atoms with Crippen molar-refractivity contribution >= 4 is 61.2 Å². The predicted octanol–water partition coefficient (Wildman–Crippen LogP) is 4.79. The van der Waals surface area contributed by atoms with E-state index < -0.39 is 17.7 Å². The standard InChI is InChI=1S/C15H9ClFNO3S2/c1-21-15(20)9-4-5-22-14(9)18-13(19)12-11(16)8-3-2-7(17)6-10(8)23-12/h2-6H,1H3,(H,18,19). The third-order valence-corrected chi connectivity index (χ3v) is 5.58. The zero-order valence-electron chi connectivity index (χ0n) is 11.7. The highest BCUT2D eigenvalue weighted by Gasteiger charge is 2.21. The van der Waals surface area contributed by atoms with Crippen molar-refractivity contribution in [3.05, 3.63) is 50.9 Å². The topological polar surface area (TPSA) is 55.4 Å². The van der Waals surface area contributed by atoms with E-state index in [2.05, 4.69) is 10.1 Å². The Balaban J connectivity index is 1.94. The average molecular weight is 370 g/mol. The number of fused-ring (bicyclic) bond motifs is 1. The highest BCUT2D eigenvalue weighted by atomic mass is 35.5. The number of thiophene rings is 2. The normalized spacial score (nSPS) is 10.7. The van der Waals surface area contributed by atoms with Gasteiger partial charge in [0, 0.05) is 10.1 Å². The second-order valence-corrected chi connectivity index (χ2v) is 6.84. The van der Waals surface area contributed by atoms with Crippen LogP contribution in [0.4, 0.5) is 9.39 Å². The van der Waals surface area contributed by atoms with Crippen molar-refractivity contribution < 1.29 is 18.7 Å². The van der Waals surface area contributed by atoms with E-state index in [4.69, 9.17) is 11.6 Å². The van der Waals surface area contributed by atoms with Gasteiger partial charge >= 0.3 is 5.97 Å². The van der Waals surface area contributed by atoms with Crippen molar-refractivity contribution in [1.82, 2.24) is 0 Å². The Kier molecular flexibility index (Phi) is 4.34. The number of amides is 1. The number of hydrogen-bond donors (Lipinski definition) is 1. The molecule has 4 nitrogen and oxygen atoms in total. The monoisotopic (exact) mass is 369 g/mol. The van der Waals surface area contributed by atoms with E-state index >= 15 is 0 Å². The van der Waals surface area contributed by atoms with Crippen LogP contribution < -0.4 is 5.32 Å². The van der Waals surface area contributed by atoms with Crippen LogP contribution in [0.2, 0.25) is 5.02 Å². The van der Waals surface area contributed by atoms with Crippen molar-refractivity contribution in [3.63, 3.8) is 0 Å². The molecule has 23 heavy (non-hydrogen) atoms. The maximum atomic E-state index is 13.3. The first-order valence-electron chi connectivity index (χ1n) is 6.36. The second kappa shape index (κ2) is 6.27. The van der Waals surface area contributed by atoms with Crippen molar-refractivity contribution in [2.24, 2.45) is 0 Å². The smallest absolute Gasteiger partial charge is 0.340 e. The van der Waals surface area contributed by atoms with Crippen LogP contribution in [0.15, 0.2) is 29.6 Å². The van der Waals surface area contributed by atoms with E-state index in [0.29, 0.717) is 15.1 Å². The lowest BCUT2D eigenvalue weighted by atomic mass is 10.2. The summed E-state index contributed by atoms with van der Waals surface area (Å²) in [6.07, 6.45) is 0. The fraction of sp³-hybridized carbons (Fsp3) is 0.0667. The zero-order valence-corrected chi connectivity index (χ0v) is 14.1. The molecule has 0 spiro atoms. The van der Waals surface area contributed by atoms with Crippen molar-refractivity contribution in [3.8, 4) is 0 Å². The molecule has 0 fully saturated rings. The Hall–Kier alpha value is -1.96. The Morgan fingerprint density at radius 1 is 1.30 bits per heavy atom. The lowest BCUT2D eigenvalue weighted by Crippen LogP contribution is -2.12. The second-order valence-electron chi connectivity index (χ2n) is 4.49. The fourth-order valence-electron chi connectivity index (χ4n) is 2.02. The van der Waals surface area contributed by atoms with Crippen LogP contribution in [-0.4, -0.2) is 19.0 Å². The summed E-state index contributed by atoms with van der Waals surface area (Å²) in [5.41, 5.74) is 0.272. The number of ether oxygens (including phenoxy) is 1. The van der Waals surface area contributed by atoms with E-state index in [1.165, 1.54) is 36.6 Å². The predicted molar refractivity (Wildman–Crippen MR) is 90.4 cm³/mol. The van der Waals surface area contributed by atoms with Crippen molar-refractivity contribution in [2.45, 2.75) is 0 Å². The van der Waals surface area contributed by atoms with Gasteiger partial charge in [0.05, 0.1) is 17.7 Å². The van der Waals surface area contributed by atoms with Gasteiger partial charge in [-0.15, -0.1) is 22.7 Å². The molecule has 0 aliphatic heterocycles. The molecule has 118 valence electrons. The highest BCUT2D eigenvalue weighted by molar-refractivity contribution is 7.22. The van der Waals surface area contributed by atoms with Gasteiger partial charge in [0.2, 0.25) is 0 Å². The van der Waals surface area contributed by atoms with Crippen LogP contribution in [0.5, 0.6) is 0 Å². The van der Waals surface area contributed by atoms with Gasteiger partial charge < -0.3 is 10.1 Å². The number of nitrogens with one attached hydrogen (secondary N) is 1. The molecule has 3 aromatic rings. The van der Waals surface area contributed by atoms with Crippen LogP contribution in [0.25, 0.3) is 10.1 Å². The van der Waals surface area contributed by atoms with Crippen molar-refractivity contribution in [1.29, 1.82) is 0 Å². The number of methoxy groups -OCH3 is 1. The maximum absolute atomic E-state index is 13.3. The minimum Gasteiger partial charge on any atom is -0.465 e. The zero-order chi connectivity index (χ0) is 16.6. The summed E-state index contributed by atoms with van der Waals surface area (Å²) >= 11 is 8.51. The van der Waals surface area contributed by atoms with Crippen LogP contribution in [0, 0.1) is 5.82 Å². The van der Waals surface area contributed by atoms with Gasteiger partial charge in [0.15, 0.2) is 0 Å². The van der Waals surface area contributed by atoms with Crippen LogP contribution in [0.1, 0.15) is 20.0 Å². The Morgan fingerprint density at radius 3 is 2.83 bits per heavy atom. The van der Waals surface area contributed by atoms with Crippen molar-refractivity contribution in [2.75, 3.05) is 12.4 Å². The minimum atomic E-state index is -0.536. The summed E-state index contributed by atoms with van der Waals surface area (Å²) in [7, 11) is 1.27. The number of carbonyl (C=O) groups excluding carboxylic acids is 2. The van der Waals surface area contributed by atoms with E-state index in [9.17, 15) is 14.0 Å². The number of benzene rings is 1. The summed E-state index contributed by atoms with van der Waals surface area (Å²) in [5.74, 6) is -1.39. The Labute approximate surface area is 143 Å². The fourth-order valence-corrected chi connectivity index (χ4v) is 4.23. The molecular formula is C15H9ClFNO3S2. The molecule has 2 aromatic heterocycles. The molecular weight excluding hydrogens is 361 g/mol. The third-order valence-electron chi connectivity index (χ3n) is 3.10. The SMILES string of the molecule is COC(=O)c1ccsc1NC(=O)c1sc2cc(F)ccc2c1Cl. The van der Waals surface area contributed by atoms with E-state index in [1.54, 1.807) is 11.4 Å². The molecule has 0 saturated heterocycles. The molecule has 0 bridgehead atoms. The Morgan fingerprint density at radius 2 is 2.09 bits per heavy atom. The minimum absolute atomic E-state index is 0.261. The van der Waals surface area contributed by atoms with Gasteiger partial charge in [-0.3, -0.25) is 4.79 Å². The molecule has 0 aliphatic carbocycles. The van der Waals surface area contributed by atoms with Gasteiger partial charge in [-0.25, -0.2) is 9.18 Å². The van der Waals surface area contributed by atoms with Gasteiger partial charge in [0.1, 0.15) is 15.7 Å². The molecule has 2 heterocycles. The van der Waals surface area contributed by atoms with E-state index in [-0.39, 0.29) is 15.5 Å². The van der Waals surface area contributed by atoms with Gasteiger partial charge in [-0.05, 0) is 29.6 Å². The maximum Gasteiger partial charge on any atom is 0.340 e. The molecule has 0 saturated carbocycles. The van der Waals surface area contributed by atoms with Crippen LogP contribution in [-0.2, 0) is 4.74 Å². The molecule has 3 rings (SSSR count). The molecule has 0 unspecified atom stereocenters. The number of anilines is 1. The molecule has 0 aliphatic rings. The number of halogens is 2. The van der Waals surface area contributed by atoms with Gasteiger partial charge in [0.25, 0.3) is 5.91 Å². The quantitative estimate of drug-likeness (QED) is 0.675. The average Bonchev–Trinajstić information content (AvgIpc) is 3.11. The summed E-state index contributed by atoms with van der Waals surface area (Å²) in [4.78, 5) is 24.3. The van der Waals surface area contributed by atoms with E-state index in [0.717, 1.165) is 11.3 Å². The third kappa shape index (κ3) is 2.95. The summed E-state index contributed by atoms with van der Waals surface area (Å²) in [6.45, 7) is 0. The molecule has 8 heteroatoms. The molecule has 1 aromatic carbocycles. The lowest BCUT2D eigenvalue weighted by Gasteiger charge is -2.04. The molecule has 0 radical (unpaired) electrons. The Bertz CT molecular complexity index is 919. The van der Waals surface area contributed by atoms with Crippen LogP contribution >= 0.6 is 34.3 Å². The first-order chi connectivity index (χ1) is 11.0. The summed E-state index contributed by atoms with van der Waals surface area (Å²) < 4.78 is 18.5. The first kappa shape index (κ1) is 15.9. The molecule has 0 atom stereocenters. The molecule has 1 N–H and O–H groups in total. The highest BCUT2D eigenvalue weighted by Crippen LogP contribution is 2.36. The number of rotatable bonds is 3. The van der Waals surface area contributed by atoms with Crippen LogP contribution in [0.3, 0.4) is 0 Å². The summed E-state index contributed by atoms with van der Waals surface area (Å²) in [5, 5.41) is 5.57. The van der Waals surface area contributed by atoms with Gasteiger partial charge in [-0.2, -0.15) is 0 Å². The summed E-state index contributed by atoms with van der Waals surface area (Å²) in [6, 6.07) is 5.71. The number of hydrogen-bond acceptors (Lipinski definition) is 5. The van der Waals surface area contributed by atoms with E-state index in [1.807, 2.05) is 0 Å². The van der Waals surface area contributed by atoms with Gasteiger partial charge in [-0.1, -0.05) is 11.6 Å².